The summed E-state index contributed by atoms with van der Waals surface area (Å²) in [5.41, 5.74) is 0. The highest BCUT2D eigenvalue weighted by Gasteiger charge is 2.27. The zero-order valence-corrected chi connectivity index (χ0v) is 9.53. The molecule has 2 heterocycles. The molecule has 1 saturated heterocycles. The normalized spacial score (nSPS) is 18.8. The van der Waals surface area contributed by atoms with Crippen molar-refractivity contribution in [2.24, 2.45) is 0 Å². The van der Waals surface area contributed by atoms with E-state index >= 15 is 0 Å². The van der Waals surface area contributed by atoms with Crippen LogP contribution in [-0.4, -0.2) is 42.1 Å². The van der Waals surface area contributed by atoms with E-state index in [0.29, 0.717) is 31.9 Å². The fraction of sp³-hybridized carbons (Fsp3) is 0.750. The summed E-state index contributed by atoms with van der Waals surface area (Å²) in [5.74, 6) is 0.510. The fourth-order valence-electron chi connectivity index (χ4n) is 1.59. The summed E-state index contributed by atoms with van der Waals surface area (Å²) >= 11 is 0. The number of aromatic amines is 1. The smallest absolute Gasteiger partial charge is 0.215 e. The maximum absolute atomic E-state index is 11.9. The van der Waals surface area contributed by atoms with E-state index in [-0.39, 0.29) is 11.8 Å². The van der Waals surface area contributed by atoms with Crippen molar-refractivity contribution in [1.82, 2.24) is 19.9 Å². The Morgan fingerprint density at radius 1 is 1.50 bits per heavy atom. The lowest BCUT2D eigenvalue weighted by Crippen LogP contribution is -2.37. The van der Waals surface area contributed by atoms with Crippen molar-refractivity contribution in [2.45, 2.75) is 24.6 Å². The first-order chi connectivity index (χ1) is 7.68. The van der Waals surface area contributed by atoms with Crippen LogP contribution in [0.4, 0.5) is 0 Å². The average molecular weight is 246 g/mol. The summed E-state index contributed by atoms with van der Waals surface area (Å²) in [5, 5.41) is 5.89. The molecule has 0 radical (unpaired) electrons. The lowest BCUT2D eigenvalue weighted by Gasteiger charge is -2.22. The molecule has 0 bridgehead atoms. The highest BCUT2D eigenvalue weighted by Crippen LogP contribution is 2.14. The van der Waals surface area contributed by atoms with Gasteiger partial charge in [-0.1, -0.05) is 0 Å². The topological polar surface area (TPSA) is 97.0 Å². The molecule has 1 fully saturated rings. The number of hydrogen-bond donors (Lipinski definition) is 2. The van der Waals surface area contributed by atoms with Crippen LogP contribution < -0.4 is 4.72 Å². The van der Waals surface area contributed by atoms with Gasteiger partial charge >= 0.3 is 0 Å². The standard InChI is InChI=1S/C8H14N4O3S/c13-16(14,7-1-3-15-4-2-7)11-5-8-9-6-10-12-8/h6-7,11H,1-5H2,(H,9,10,12). The first-order valence-corrected chi connectivity index (χ1v) is 6.63. The van der Waals surface area contributed by atoms with Gasteiger partial charge in [-0.2, -0.15) is 5.10 Å². The minimum absolute atomic E-state index is 0.152. The lowest BCUT2D eigenvalue weighted by molar-refractivity contribution is 0.0981. The van der Waals surface area contributed by atoms with Crippen molar-refractivity contribution < 1.29 is 13.2 Å². The predicted octanol–water partition coefficient (Wildman–Crippen LogP) is -0.597. The van der Waals surface area contributed by atoms with Gasteiger partial charge in [0.2, 0.25) is 10.0 Å². The van der Waals surface area contributed by atoms with Crippen molar-refractivity contribution >= 4 is 10.0 Å². The molecule has 0 spiro atoms. The molecular formula is C8H14N4O3S. The van der Waals surface area contributed by atoms with Gasteiger partial charge in [-0.15, -0.1) is 0 Å². The average Bonchev–Trinajstić information content (AvgIpc) is 2.81. The Balaban J connectivity index is 1.91. The summed E-state index contributed by atoms with van der Waals surface area (Å²) in [6.45, 7) is 1.17. The highest BCUT2D eigenvalue weighted by atomic mass is 32.2. The van der Waals surface area contributed by atoms with Gasteiger partial charge in [-0.3, -0.25) is 5.10 Å². The molecule has 0 aliphatic carbocycles. The van der Waals surface area contributed by atoms with E-state index in [2.05, 4.69) is 19.9 Å². The number of hydrogen-bond acceptors (Lipinski definition) is 5. The van der Waals surface area contributed by atoms with Gasteiger partial charge in [0, 0.05) is 13.2 Å². The second-order valence-corrected chi connectivity index (χ2v) is 5.66. The van der Waals surface area contributed by atoms with Gasteiger partial charge in [-0.05, 0) is 12.8 Å². The van der Waals surface area contributed by atoms with Gasteiger partial charge in [0.15, 0.2) is 0 Å². The predicted molar refractivity (Wildman–Crippen MR) is 56.0 cm³/mol. The van der Waals surface area contributed by atoms with E-state index in [9.17, 15) is 8.42 Å². The molecule has 0 unspecified atom stereocenters. The number of ether oxygens (including phenoxy) is 1. The molecule has 1 aliphatic rings. The third-order valence-corrected chi connectivity index (χ3v) is 4.41. The first-order valence-electron chi connectivity index (χ1n) is 5.09. The minimum atomic E-state index is -3.28. The van der Waals surface area contributed by atoms with Crippen LogP contribution in [0.1, 0.15) is 18.7 Å². The molecule has 2 rings (SSSR count). The number of aromatic nitrogens is 3. The third-order valence-electron chi connectivity index (χ3n) is 2.51. The quantitative estimate of drug-likeness (QED) is 0.739. The second kappa shape index (κ2) is 4.89. The number of nitrogens with one attached hydrogen (secondary N) is 2. The molecule has 0 saturated carbocycles. The summed E-state index contributed by atoms with van der Waals surface area (Å²) < 4.78 is 31.3. The minimum Gasteiger partial charge on any atom is -0.381 e. The summed E-state index contributed by atoms with van der Waals surface area (Å²) in [6.07, 6.45) is 2.44. The molecule has 0 amide bonds. The Hall–Kier alpha value is -0.990. The van der Waals surface area contributed by atoms with E-state index < -0.39 is 10.0 Å². The van der Waals surface area contributed by atoms with Crippen molar-refractivity contribution in [1.29, 1.82) is 0 Å². The molecule has 1 aliphatic heterocycles. The van der Waals surface area contributed by atoms with E-state index in [4.69, 9.17) is 4.74 Å². The molecule has 0 aromatic carbocycles. The Morgan fingerprint density at radius 2 is 2.25 bits per heavy atom. The SMILES string of the molecule is O=S(=O)(NCc1ncn[nH]1)C1CCOCC1. The zero-order chi connectivity index (χ0) is 11.4. The molecule has 1 aromatic heterocycles. The third kappa shape index (κ3) is 2.77. The van der Waals surface area contributed by atoms with E-state index in [0.717, 1.165) is 0 Å². The Kier molecular flexibility index (Phi) is 3.52. The molecule has 8 heteroatoms. The maximum Gasteiger partial charge on any atom is 0.215 e. The van der Waals surface area contributed by atoms with Crippen molar-refractivity contribution in [3.05, 3.63) is 12.2 Å². The highest BCUT2D eigenvalue weighted by molar-refractivity contribution is 7.90. The molecule has 90 valence electrons. The van der Waals surface area contributed by atoms with Crippen LogP contribution in [0.3, 0.4) is 0 Å². The van der Waals surface area contributed by atoms with Gasteiger partial charge in [0.25, 0.3) is 0 Å². The van der Waals surface area contributed by atoms with Crippen LogP contribution in [0.15, 0.2) is 6.33 Å². The van der Waals surface area contributed by atoms with Gasteiger partial charge in [0.05, 0.1) is 11.8 Å². The van der Waals surface area contributed by atoms with E-state index in [1.165, 1.54) is 6.33 Å². The number of rotatable bonds is 4. The molecule has 16 heavy (non-hydrogen) atoms. The van der Waals surface area contributed by atoms with E-state index in [1.807, 2.05) is 0 Å². The molecule has 0 atom stereocenters. The van der Waals surface area contributed by atoms with Crippen molar-refractivity contribution in [3.63, 3.8) is 0 Å². The Bertz CT molecular complexity index is 411. The maximum atomic E-state index is 11.9. The van der Waals surface area contributed by atoms with Crippen LogP contribution in [-0.2, 0) is 21.3 Å². The first kappa shape index (κ1) is 11.5. The lowest BCUT2D eigenvalue weighted by atomic mass is 10.2. The zero-order valence-electron chi connectivity index (χ0n) is 8.72. The number of H-pyrrole nitrogens is 1. The van der Waals surface area contributed by atoms with Crippen LogP contribution >= 0.6 is 0 Å². The Morgan fingerprint density at radius 3 is 2.88 bits per heavy atom. The van der Waals surface area contributed by atoms with Crippen LogP contribution in [0, 0.1) is 0 Å². The fourth-order valence-corrected chi connectivity index (χ4v) is 2.98. The van der Waals surface area contributed by atoms with Crippen molar-refractivity contribution in [2.75, 3.05) is 13.2 Å². The summed E-state index contributed by atoms with van der Waals surface area (Å²) in [6, 6.07) is 0. The molecule has 7 nitrogen and oxygen atoms in total. The van der Waals surface area contributed by atoms with Gasteiger partial charge < -0.3 is 4.74 Å². The molecule has 1 aromatic rings. The second-order valence-electron chi connectivity index (χ2n) is 3.61. The summed E-state index contributed by atoms with van der Waals surface area (Å²) in [7, 11) is -3.28. The summed E-state index contributed by atoms with van der Waals surface area (Å²) in [4.78, 5) is 3.85. The van der Waals surface area contributed by atoms with Gasteiger partial charge in [0.1, 0.15) is 12.2 Å². The Labute approximate surface area is 93.7 Å². The van der Waals surface area contributed by atoms with Crippen LogP contribution in [0.25, 0.3) is 0 Å². The largest absolute Gasteiger partial charge is 0.381 e. The monoisotopic (exact) mass is 246 g/mol. The van der Waals surface area contributed by atoms with Gasteiger partial charge in [-0.25, -0.2) is 18.1 Å². The van der Waals surface area contributed by atoms with Crippen LogP contribution in [0.2, 0.25) is 0 Å². The van der Waals surface area contributed by atoms with Crippen LogP contribution in [0.5, 0.6) is 0 Å². The molecule has 2 N–H and O–H groups in total. The number of nitrogens with zero attached hydrogens (tertiary/aromatic N) is 2. The van der Waals surface area contributed by atoms with Crippen molar-refractivity contribution in [3.8, 4) is 0 Å². The molecular weight excluding hydrogens is 232 g/mol. The number of sulfonamides is 1. The van der Waals surface area contributed by atoms with E-state index in [1.54, 1.807) is 0 Å².